The quantitative estimate of drug-likeness (QED) is 0.893. The lowest BCUT2D eigenvalue weighted by molar-refractivity contribution is 0.0995. The lowest BCUT2D eigenvalue weighted by atomic mass is 10.2. The molecule has 1 heterocycles. The number of primary amides is 1. The molecule has 2 aromatic rings. The Bertz CT molecular complexity index is 566. The Morgan fingerprint density at radius 3 is 2.76 bits per heavy atom. The minimum Gasteiger partial charge on any atom is -0.392 e. The van der Waals surface area contributed by atoms with Crippen LogP contribution in [-0.2, 0) is 6.61 Å². The first-order valence-corrected chi connectivity index (χ1v) is 5.66. The van der Waals surface area contributed by atoms with E-state index in [-0.39, 0.29) is 12.3 Å². The maximum absolute atomic E-state index is 10.9. The zero-order valence-corrected chi connectivity index (χ0v) is 10.4. The van der Waals surface area contributed by atoms with E-state index in [1.54, 1.807) is 35.1 Å². The topological polar surface area (TPSA) is 81.1 Å². The molecule has 0 aliphatic heterocycles. The van der Waals surface area contributed by atoms with Gasteiger partial charge in [0.2, 0.25) is 0 Å². The fraction of sp³-hybridized carbons (Fsp3) is 0.0909. The van der Waals surface area contributed by atoms with Crippen molar-refractivity contribution in [2.45, 2.75) is 6.61 Å². The third kappa shape index (κ3) is 2.37. The molecule has 2 rings (SSSR count). The summed E-state index contributed by atoms with van der Waals surface area (Å²) in [5, 5.41) is 13.0. The molecular weight excluding hydrogens is 286 g/mol. The molecule has 0 unspecified atom stereocenters. The summed E-state index contributed by atoms with van der Waals surface area (Å²) in [6.07, 6.45) is 1.65. The van der Waals surface area contributed by atoms with Crippen LogP contribution in [0.15, 0.2) is 34.9 Å². The van der Waals surface area contributed by atoms with Crippen molar-refractivity contribution in [2.75, 3.05) is 0 Å². The number of aromatic nitrogens is 2. The maximum atomic E-state index is 10.9. The van der Waals surface area contributed by atoms with E-state index in [4.69, 9.17) is 10.8 Å². The van der Waals surface area contributed by atoms with Crippen LogP contribution in [0.4, 0.5) is 0 Å². The first-order chi connectivity index (χ1) is 8.11. The summed E-state index contributed by atoms with van der Waals surface area (Å²) >= 11 is 3.38. The van der Waals surface area contributed by atoms with Crippen LogP contribution < -0.4 is 5.73 Å². The van der Waals surface area contributed by atoms with Crippen molar-refractivity contribution in [1.82, 2.24) is 9.78 Å². The van der Waals surface area contributed by atoms with Gasteiger partial charge in [-0.2, -0.15) is 5.10 Å². The third-order valence-corrected chi connectivity index (χ3v) is 2.92. The number of rotatable bonds is 3. The van der Waals surface area contributed by atoms with Crippen LogP contribution in [0.3, 0.4) is 0 Å². The van der Waals surface area contributed by atoms with Gasteiger partial charge in [0, 0.05) is 10.7 Å². The number of aliphatic hydroxyl groups is 1. The highest BCUT2D eigenvalue weighted by Crippen LogP contribution is 2.22. The molecule has 0 aliphatic carbocycles. The van der Waals surface area contributed by atoms with E-state index in [1.165, 1.54) is 0 Å². The molecular formula is C11H10BrN3O2. The van der Waals surface area contributed by atoms with E-state index in [2.05, 4.69) is 21.0 Å². The number of carbonyl (C=O) groups excluding carboxylic acids is 1. The number of hydrogen-bond donors (Lipinski definition) is 2. The predicted molar refractivity (Wildman–Crippen MR) is 65.7 cm³/mol. The van der Waals surface area contributed by atoms with Gasteiger partial charge in [0.05, 0.1) is 12.3 Å². The highest BCUT2D eigenvalue weighted by molar-refractivity contribution is 9.10. The van der Waals surface area contributed by atoms with Crippen molar-refractivity contribution < 1.29 is 9.90 Å². The van der Waals surface area contributed by atoms with Crippen molar-refractivity contribution in [3.8, 4) is 5.69 Å². The fourth-order valence-electron chi connectivity index (χ4n) is 1.42. The summed E-state index contributed by atoms with van der Waals surface area (Å²) in [7, 11) is 0. The number of nitrogens with two attached hydrogens (primary N) is 1. The average Bonchev–Trinajstić information content (AvgIpc) is 2.78. The Hall–Kier alpha value is -1.66. The summed E-state index contributed by atoms with van der Waals surface area (Å²) in [4.78, 5) is 10.9. The molecule has 1 amide bonds. The van der Waals surface area contributed by atoms with Gasteiger partial charge in [0.1, 0.15) is 5.69 Å². The summed E-state index contributed by atoms with van der Waals surface area (Å²) in [5.41, 5.74) is 6.91. The summed E-state index contributed by atoms with van der Waals surface area (Å²) < 4.78 is 2.33. The number of aliphatic hydroxyl groups excluding tert-OH is 1. The number of benzene rings is 1. The van der Waals surface area contributed by atoms with E-state index in [0.717, 1.165) is 15.7 Å². The first kappa shape index (κ1) is 11.8. The molecule has 3 N–H and O–H groups in total. The molecule has 0 saturated heterocycles. The molecule has 5 nitrogen and oxygen atoms in total. The van der Waals surface area contributed by atoms with E-state index in [0.29, 0.717) is 0 Å². The molecule has 0 atom stereocenters. The second-order valence-corrected chi connectivity index (χ2v) is 4.31. The third-order valence-electron chi connectivity index (χ3n) is 2.28. The minimum absolute atomic E-state index is 0.0233. The van der Waals surface area contributed by atoms with Gasteiger partial charge in [0.25, 0.3) is 5.91 Å². The Kier molecular flexibility index (Phi) is 3.26. The van der Waals surface area contributed by atoms with Crippen molar-refractivity contribution in [3.63, 3.8) is 0 Å². The number of hydrogen-bond acceptors (Lipinski definition) is 3. The first-order valence-electron chi connectivity index (χ1n) is 4.87. The molecule has 88 valence electrons. The van der Waals surface area contributed by atoms with E-state index in [1.807, 2.05) is 0 Å². The number of amides is 1. The second kappa shape index (κ2) is 4.68. The molecule has 0 radical (unpaired) electrons. The van der Waals surface area contributed by atoms with Crippen LogP contribution in [0.5, 0.6) is 0 Å². The largest absolute Gasteiger partial charge is 0.392 e. The highest BCUT2D eigenvalue weighted by Gasteiger charge is 2.08. The van der Waals surface area contributed by atoms with Gasteiger partial charge in [0.15, 0.2) is 0 Å². The zero-order chi connectivity index (χ0) is 12.4. The van der Waals surface area contributed by atoms with E-state index in [9.17, 15) is 4.79 Å². The number of halogens is 1. The Balaban J connectivity index is 2.42. The van der Waals surface area contributed by atoms with Gasteiger partial charge in [-0.25, -0.2) is 4.68 Å². The zero-order valence-electron chi connectivity index (χ0n) is 8.80. The van der Waals surface area contributed by atoms with Crippen LogP contribution >= 0.6 is 15.9 Å². The summed E-state index contributed by atoms with van der Waals surface area (Å²) in [5.74, 6) is -0.563. The van der Waals surface area contributed by atoms with Crippen LogP contribution in [0, 0.1) is 0 Å². The molecule has 6 heteroatoms. The number of carbonyl (C=O) groups is 1. The SMILES string of the molecule is NC(=O)c1ccn(-c2ccc(CO)cc2Br)n1. The smallest absolute Gasteiger partial charge is 0.269 e. The van der Waals surface area contributed by atoms with Crippen LogP contribution in [-0.4, -0.2) is 20.8 Å². The maximum Gasteiger partial charge on any atom is 0.269 e. The van der Waals surface area contributed by atoms with Gasteiger partial charge in [-0.1, -0.05) is 6.07 Å². The monoisotopic (exact) mass is 295 g/mol. The average molecular weight is 296 g/mol. The van der Waals surface area contributed by atoms with Gasteiger partial charge in [-0.3, -0.25) is 4.79 Å². The van der Waals surface area contributed by atoms with E-state index < -0.39 is 5.91 Å². The predicted octanol–water partition coefficient (Wildman–Crippen LogP) is 1.23. The lowest BCUT2D eigenvalue weighted by Gasteiger charge is -2.05. The molecule has 0 saturated carbocycles. The molecule has 17 heavy (non-hydrogen) atoms. The Morgan fingerprint density at radius 2 is 2.24 bits per heavy atom. The van der Waals surface area contributed by atoms with Crippen molar-refractivity contribution >= 4 is 21.8 Å². The standard InChI is InChI=1S/C11H10BrN3O2/c12-8-5-7(6-16)1-2-10(8)15-4-3-9(14-15)11(13)17/h1-5,16H,6H2,(H2,13,17). The molecule has 0 fully saturated rings. The fourth-order valence-corrected chi connectivity index (χ4v) is 2.03. The minimum atomic E-state index is -0.563. The Morgan fingerprint density at radius 1 is 1.47 bits per heavy atom. The molecule has 0 aliphatic rings. The summed E-state index contributed by atoms with van der Waals surface area (Å²) in [6, 6.07) is 6.93. The van der Waals surface area contributed by atoms with Crippen LogP contribution in [0.2, 0.25) is 0 Å². The Labute approximate surface area is 106 Å². The van der Waals surface area contributed by atoms with Crippen molar-refractivity contribution in [2.24, 2.45) is 5.73 Å². The van der Waals surface area contributed by atoms with Gasteiger partial charge in [-0.05, 0) is 39.7 Å². The molecule has 0 spiro atoms. The van der Waals surface area contributed by atoms with E-state index >= 15 is 0 Å². The van der Waals surface area contributed by atoms with Crippen LogP contribution in [0.1, 0.15) is 16.1 Å². The van der Waals surface area contributed by atoms with Gasteiger partial charge in [-0.15, -0.1) is 0 Å². The number of nitrogens with zero attached hydrogens (tertiary/aromatic N) is 2. The highest BCUT2D eigenvalue weighted by atomic mass is 79.9. The second-order valence-electron chi connectivity index (χ2n) is 3.45. The normalized spacial score (nSPS) is 10.5. The van der Waals surface area contributed by atoms with Gasteiger partial charge < -0.3 is 10.8 Å². The molecule has 0 bridgehead atoms. The molecule has 1 aromatic carbocycles. The van der Waals surface area contributed by atoms with Crippen LogP contribution in [0.25, 0.3) is 5.69 Å². The molecule has 1 aromatic heterocycles. The lowest BCUT2D eigenvalue weighted by Crippen LogP contribution is -2.12. The summed E-state index contributed by atoms with van der Waals surface area (Å²) in [6.45, 7) is -0.0233. The van der Waals surface area contributed by atoms with Crippen molar-refractivity contribution in [1.29, 1.82) is 0 Å². The van der Waals surface area contributed by atoms with Crippen molar-refractivity contribution in [3.05, 3.63) is 46.2 Å². The van der Waals surface area contributed by atoms with Gasteiger partial charge >= 0.3 is 0 Å².